The zero-order valence-electron chi connectivity index (χ0n) is 11.3. The van der Waals surface area contributed by atoms with Crippen molar-refractivity contribution in [2.45, 2.75) is 39.0 Å². The van der Waals surface area contributed by atoms with E-state index in [1.54, 1.807) is 24.3 Å². The van der Waals surface area contributed by atoms with Crippen molar-refractivity contribution in [1.82, 2.24) is 0 Å². The smallest absolute Gasteiger partial charge is 0.341 e. The molecule has 0 saturated carbocycles. The average Bonchev–Trinajstić information content (AvgIpc) is 2.43. The maximum absolute atomic E-state index is 11.8. The van der Waals surface area contributed by atoms with Crippen LogP contribution < -0.4 is 4.74 Å². The molecule has 4 nitrogen and oxygen atoms in total. The molecule has 0 N–H and O–H groups in total. The lowest BCUT2D eigenvalue weighted by atomic mass is 10.2. The first kappa shape index (κ1) is 15.2. The molecule has 0 spiro atoms. The molecule has 0 radical (unpaired) electrons. The van der Waals surface area contributed by atoms with E-state index in [1.165, 1.54) is 19.3 Å². The zero-order valence-corrected chi connectivity index (χ0v) is 11.3. The van der Waals surface area contributed by atoms with E-state index in [0.29, 0.717) is 13.1 Å². The minimum atomic E-state index is -0.451. The quantitative estimate of drug-likeness (QED) is 0.390. The van der Waals surface area contributed by atoms with Crippen molar-refractivity contribution in [2.75, 3.05) is 6.61 Å². The molecular weight excluding hydrogens is 244 g/mol. The second-order valence-electron chi connectivity index (χ2n) is 4.26. The summed E-state index contributed by atoms with van der Waals surface area (Å²) in [6.45, 7) is 2.86. The highest BCUT2D eigenvalue weighted by atomic mass is 16.5. The normalized spacial score (nSPS) is 9.95. The van der Waals surface area contributed by atoms with Crippen LogP contribution in [0.3, 0.4) is 0 Å². The van der Waals surface area contributed by atoms with Gasteiger partial charge in [0.15, 0.2) is 0 Å². The van der Waals surface area contributed by atoms with E-state index in [-0.39, 0.29) is 11.3 Å². The lowest BCUT2D eigenvalue weighted by Crippen LogP contribution is -2.08. The van der Waals surface area contributed by atoms with Crippen LogP contribution in [0.5, 0.6) is 5.75 Å². The number of carbonyl (C=O) groups is 2. The number of hydrogen-bond acceptors (Lipinski definition) is 4. The molecular formula is C15H20O4. The highest BCUT2D eigenvalue weighted by Crippen LogP contribution is 2.18. The fourth-order valence-corrected chi connectivity index (χ4v) is 1.74. The molecule has 0 bridgehead atoms. The van der Waals surface area contributed by atoms with Crippen molar-refractivity contribution in [1.29, 1.82) is 0 Å². The predicted octanol–water partition coefficient (Wildman–Crippen LogP) is 3.35. The molecule has 1 aromatic rings. The molecule has 0 heterocycles. The van der Waals surface area contributed by atoms with Gasteiger partial charge in [0.2, 0.25) is 0 Å². The van der Waals surface area contributed by atoms with Gasteiger partial charge >= 0.3 is 5.97 Å². The fourth-order valence-electron chi connectivity index (χ4n) is 1.74. The maximum Gasteiger partial charge on any atom is 0.341 e. The van der Waals surface area contributed by atoms with Crippen LogP contribution in [0.25, 0.3) is 0 Å². The minimum absolute atomic E-state index is 0.230. The molecule has 1 rings (SSSR count). The monoisotopic (exact) mass is 264 g/mol. The van der Waals surface area contributed by atoms with Gasteiger partial charge < -0.3 is 9.47 Å². The second-order valence-corrected chi connectivity index (χ2v) is 4.26. The number of para-hydroxylation sites is 1. The number of esters is 1. The summed E-state index contributed by atoms with van der Waals surface area (Å²) in [5.74, 6) is -0.221. The molecule has 0 aromatic heterocycles. The van der Waals surface area contributed by atoms with E-state index in [1.807, 2.05) is 0 Å². The van der Waals surface area contributed by atoms with Gasteiger partial charge in [-0.2, -0.15) is 0 Å². The van der Waals surface area contributed by atoms with Crippen LogP contribution in [0, 0.1) is 0 Å². The van der Waals surface area contributed by atoms with Crippen molar-refractivity contribution in [3.05, 3.63) is 29.8 Å². The Hall–Kier alpha value is -1.84. The van der Waals surface area contributed by atoms with Crippen LogP contribution in [0.2, 0.25) is 0 Å². The van der Waals surface area contributed by atoms with Gasteiger partial charge in [-0.25, -0.2) is 4.79 Å². The van der Waals surface area contributed by atoms with Gasteiger partial charge in [-0.1, -0.05) is 44.7 Å². The third-order valence-corrected chi connectivity index (χ3v) is 2.76. The highest BCUT2D eigenvalue weighted by Gasteiger charge is 2.13. The van der Waals surface area contributed by atoms with E-state index >= 15 is 0 Å². The molecule has 0 amide bonds. The Labute approximate surface area is 113 Å². The predicted molar refractivity (Wildman–Crippen MR) is 72.2 cm³/mol. The van der Waals surface area contributed by atoms with Crippen LogP contribution >= 0.6 is 0 Å². The summed E-state index contributed by atoms with van der Waals surface area (Å²) in [7, 11) is 0. The molecule has 0 fully saturated rings. The molecule has 0 aliphatic heterocycles. The Morgan fingerprint density at radius 1 is 1.16 bits per heavy atom. The SMILES string of the molecule is CCCCCCCOC(=O)c1ccccc1OC=O. The summed E-state index contributed by atoms with van der Waals surface area (Å²) in [6.07, 6.45) is 5.50. The van der Waals surface area contributed by atoms with Gasteiger partial charge in [-0.15, -0.1) is 0 Å². The van der Waals surface area contributed by atoms with Gasteiger partial charge in [0.25, 0.3) is 6.47 Å². The van der Waals surface area contributed by atoms with Crippen LogP contribution in [0.1, 0.15) is 49.4 Å². The molecule has 0 aliphatic rings. The van der Waals surface area contributed by atoms with Crippen LogP contribution in [-0.2, 0) is 9.53 Å². The fraction of sp³-hybridized carbons (Fsp3) is 0.467. The Morgan fingerprint density at radius 3 is 2.63 bits per heavy atom. The van der Waals surface area contributed by atoms with Gasteiger partial charge in [0.05, 0.1) is 6.61 Å². The first-order chi connectivity index (χ1) is 9.29. The van der Waals surface area contributed by atoms with Gasteiger partial charge in [-0.3, -0.25) is 4.79 Å². The van der Waals surface area contributed by atoms with Gasteiger partial charge in [0.1, 0.15) is 11.3 Å². The number of unbranched alkanes of at least 4 members (excludes halogenated alkanes) is 4. The minimum Gasteiger partial charge on any atom is -0.462 e. The Bertz CT molecular complexity index is 401. The molecule has 104 valence electrons. The lowest BCUT2D eigenvalue weighted by molar-refractivity contribution is -0.120. The van der Waals surface area contributed by atoms with E-state index < -0.39 is 5.97 Å². The number of ether oxygens (including phenoxy) is 2. The highest BCUT2D eigenvalue weighted by molar-refractivity contribution is 5.92. The first-order valence-electron chi connectivity index (χ1n) is 6.66. The third kappa shape index (κ3) is 5.55. The first-order valence-corrected chi connectivity index (χ1v) is 6.66. The van der Waals surface area contributed by atoms with Crippen LogP contribution in [-0.4, -0.2) is 19.0 Å². The summed E-state index contributed by atoms with van der Waals surface area (Å²) >= 11 is 0. The average molecular weight is 264 g/mol. The summed E-state index contributed by atoms with van der Waals surface area (Å²) < 4.78 is 9.90. The van der Waals surface area contributed by atoms with Crippen molar-refractivity contribution in [3.63, 3.8) is 0 Å². The number of rotatable bonds is 9. The Morgan fingerprint density at radius 2 is 1.89 bits per heavy atom. The summed E-state index contributed by atoms with van der Waals surface area (Å²) in [4.78, 5) is 22.1. The van der Waals surface area contributed by atoms with Crippen LogP contribution in [0.4, 0.5) is 0 Å². The Balaban J connectivity index is 2.38. The third-order valence-electron chi connectivity index (χ3n) is 2.76. The van der Waals surface area contributed by atoms with E-state index in [2.05, 4.69) is 6.92 Å². The molecule has 0 saturated heterocycles. The number of hydrogen-bond donors (Lipinski definition) is 0. The largest absolute Gasteiger partial charge is 0.462 e. The van der Waals surface area contributed by atoms with E-state index in [4.69, 9.17) is 9.47 Å². The van der Waals surface area contributed by atoms with Crippen molar-refractivity contribution in [3.8, 4) is 5.75 Å². The van der Waals surface area contributed by atoms with Crippen LogP contribution in [0.15, 0.2) is 24.3 Å². The molecule has 0 atom stereocenters. The second kappa shape index (κ2) is 9.14. The molecule has 19 heavy (non-hydrogen) atoms. The molecule has 0 aliphatic carbocycles. The number of benzene rings is 1. The standard InChI is InChI=1S/C15H20O4/c1-2-3-4-5-8-11-18-15(17)13-9-6-7-10-14(13)19-12-16/h6-7,9-10,12H,2-5,8,11H2,1H3. The Kier molecular flexibility index (Phi) is 7.32. The maximum atomic E-state index is 11.8. The van der Waals surface area contributed by atoms with E-state index in [0.717, 1.165) is 12.8 Å². The summed E-state index contributed by atoms with van der Waals surface area (Å²) in [6, 6.07) is 6.54. The molecule has 1 aromatic carbocycles. The molecule has 4 heteroatoms. The van der Waals surface area contributed by atoms with E-state index in [9.17, 15) is 9.59 Å². The lowest BCUT2D eigenvalue weighted by Gasteiger charge is -2.07. The van der Waals surface area contributed by atoms with Crippen molar-refractivity contribution >= 4 is 12.4 Å². The van der Waals surface area contributed by atoms with Gasteiger partial charge in [-0.05, 0) is 18.6 Å². The molecule has 0 unspecified atom stereocenters. The summed E-state index contributed by atoms with van der Waals surface area (Å²) in [5.41, 5.74) is 0.281. The van der Waals surface area contributed by atoms with Crippen molar-refractivity contribution < 1.29 is 19.1 Å². The van der Waals surface area contributed by atoms with Crippen molar-refractivity contribution in [2.24, 2.45) is 0 Å². The van der Waals surface area contributed by atoms with Gasteiger partial charge in [0, 0.05) is 0 Å². The topological polar surface area (TPSA) is 52.6 Å². The summed E-state index contributed by atoms with van der Waals surface area (Å²) in [5, 5.41) is 0. The number of carbonyl (C=O) groups excluding carboxylic acids is 2. The zero-order chi connectivity index (χ0) is 13.9.